The molecule has 1 aromatic heterocycles. The second-order valence-electron chi connectivity index (χ2n) is 9.48. The molecule has 8 nitrogen and oxygen atoms in total. The van der Waals surface area contributed by atoms with Crippen molar-refractivity contribution < 1.29 is 14.4 Å². The number of nitrogens with zero attached hydrogens (tertiary/aromatic N) is 4. The molecule has 0 bridgehead atoms. The summed E-state index contributed by atoms with van der Waals surface area (Å²) in [6.45, 7) is 8.15. The van der Waals surface area contributed by atoms with Crippen molar-refractivity contribution in [3.05, 3.63) is 47.1 Å². The highest BCUT2D eigenvalue weighted by atomic mass is 79.9. The Morgan fingerprint density at radius 1 is 1.09 bits per heavy atom. The van der Waals surface area contributed by atoms with Crippen molar-refractivity contribution >= 4 is 44.6 Å². The van der Waals surface area contributed by atoms with Gasteiger partial charge in [-0.25, -0.2) is 0 Å². The molecule has 0 saturated carbocycles. The number of aromatic nitrogens is 1. The monoisotopic (exact) mass is 527 g/mol. The van der Waals surface area contributed by atoms with Crippen molar-refractivity contribution in [2.75, 3.05) is 39.3 Å². The van der Waals surface area contributed by atoms with Gasteiger partial charge in [0.15, 0.2) is 0 Å². The van der Waals surface area contributed by atoms with Gasteiger partial charge in [-0.2, -0.15) is 0 Å². The van der Waals surface area contributed by atoms with Gasteiger partial charge in [-0.05, 0) is 43.7 Å². The number of benzene rings is 1. The highest BCUT2D eigenvalue weighted by Gasteiger charge is 2.33. The topological polar surface area (TPSA) is 77.9 Å². The van der Waals surface area contributed by atoms with Crippen LogP contribution in [0.3, 0.4) is 0 Å². The van der Waals surface area contributed by atoms with E-state index < -0.39 is 0 Å². The van der Waals surface area contributed by atoms with Crippen LogP contribution in [-0.2, 0) is 16.1 Å². The van der Waals surface area contributed by atoms with Gasteiger partial charge in [0.2, 0.25) is 11.8 Å². The van der Waals surface area contributed by atoms with E-state index in [9.17, 15) is 14.4 Å². The highest BCUT2D eigenvalue weighted by molar-refractivity contribution is 9.10. The van der Waals surface area contributed by atoms with Gasteiger partial charge in [0, 0.05) is 60.3 Å². The lowest BCUT2D eigenvalue weighted by molar-refractivity contribution is -0.133. The van der Waals surface area contributed by atoms with Crippen LogP contribution in [-0.4, -0.2) is 88.3 Å². The molecule has 3 fully saturated rings. The SMILES string of the molecule is C=CC(=O)N1CC(NC(=O)Cn2cc(C(=O)N3CCN4CCCC[C@H]4C3)c3cc(Br)ccc32)C1. The minimum absolute atomic E-state index is 0.0325. The summed E-state index contributed by atoms with van der Waals surface area (Å²) in [7, 11) is 0. The second-order valence-corrected chi connectivity index (χ2v) is 10.4. The van der Waals surface area contributed by atoms with Crippen LogP contribution < -0.4 is 5.32 Å². The van der Waals surface area contributed by atoms with Crippen LogP contribution in [0.5, 0.6) is 0 Å². The number of hydrogen-bond donors (Lipinski definition) is 1. The Labute approximate surface area is 207 Å². The molecule has 0 radical (unpaired) electrons. The third-order valence-electron chi connectivity index (χ3n) is 7.24. The van der Waals surface area contributed by atoms with E-state index in [0.717, 1.165) is 48.0 Å². The number of carbonyl (C=O) groups excluding carboxylic acids is 3. The summed E-state index contributed by atoms with van der Waals surface area (Å²) in [6, 6.07) is 6.22. The van der Waals surface area contributed by atoms with Crippen molar-refractivity contribution in [1.29, 1.82) is 0 Å². The molecule has 180 valence electrons. The number of fused-ring (bicyclic) bond motifs is 2. The lowest BCUT2D eigenvalue weighted by Crippen LogP contribution is -2.61. The van der Waals surface area contributed by atoms with Crippen molar-refractivity contribution in [2.24, 2.45) is 0 Å². The van der Waals surface area contributed by atoms with Crippen LogP contribution in [0.1, 0.15) is 29.6 Å². The number of amides is 3. The molecule has 1 N–H and O–H groups in total. The van der Waals surface area contributed by atoms with Gasteiger partial charge in [-0.1, -0.05) is 28.9 Å². The number of piperazine rings is 1. The Kier molecular flexibility index (Phi) is 6.48. The third kappa shape index (κ3) is 4.51. The molecule has 0 aliphatic carbocycles. The average molecular weight is 528 g/mol. The molecule has 5 rings (SSSR count). The van der Waals surface area contributed by atoms with E-state index in [2.05, 4.69) is 32.7 Å². The van der Waals surface area contributed by atoms with Gasteiger partial charge >= 0.3 is 0 Å². The fourth-order valence-corrected chi connectivity index (χ4v) is 5.75. The Morgan fingerprint density at radius 2 is 1.91 bits per heavy atom. The van der Waals surface area contributed by atoms with Gasteiger partial charge in [-0.15, -0.1) is 0 Å². The highest BCUT2D eigenvalue weighted by Crippen LogP contribution is 2.28. The molecule has 3 amide bonds. The zero-order valence-corrected chi connectivity index (χ0v) is 20.8. The summed E-state index contributed by atoms with van der Waals surface area (Å²) in [5, 5.41) is 3.84. The minimum atomic E-state index is -0.134. The van der Waals surface area contributed by atoms with Gasteiger partial charge in [0.25, 0.3) is 5.91 Å². The molecule has 0 unspecified atom stereocenters. The summed E-state index contributed by atoms with van der Waals surface area (Å²) in [4.78, 5) is 44.1. The van der Waals surface area contributed by atoms with Gasteiger partial charge in [-0.3, -0.25) is 19.3 Å². The zero-order chi connectivity index (χ0) is 23.8. The van der Waals surface area contributed by atoms with Crippen molar-refractivity contribution in [1.82, 2.24) is 24.6 Å². The fourth-order valence-electron chi connectivity index (χ4n) is 5.39. The summed E-state index contributed by atoms with van der Waals surface area (Å²) >= 11 is 3.53. The van der Waals surface area contributed by atoms with E-state index in [4.69, 9.17) is 0 Å². The van der Waals surface area contributed by atoms with E-state index in [1.807, 2.05) is 33.9 Å². The number of rotatable bonds is 5. The number of piperidine rings is 1. The van der Waals surface area contributed by atoms with Gasteiger partial charge in [0.1, 0.15) is 6.54 Å². The van der Waals surface area contributed by atoms with Crippen LogP contribution in [0.15, 0.2) is 41.5 Å². The second kappa shape index (κ2) is 9.54. The van der Waals surface area contributed by atoms with Crippen molar-refractivity contribution in [3.8, 4) is 0 Å². The van der Waals surface area contributed by atoms with E-state index >= 15 is 0 Å². The molecule has 0 spiro atoms. The average Bonchev–Trinajstić information content (AvgIpc) is 3.16. The van der Waals surface area contributed by atoms with Crippen LogP contribution in [0.25, 0.3) is 10.9 Å². The van der Waals surface area contributed by atoms with Crippen LogP contribution in [0, 0.1) is 0 Å². The number of likely N-dealkylation sites (tertiary alicyclic amines) is 1. The van der Waals surface area contributed by atoms with Crippen molar-refractivity contribution in [3.63, 3.8) is 0 Å². The lowest BCUT2D eigenvalue weighted by Gasteiger charge is -2.44. The Morgan fingerprint density at radius 3 is 2.71 bits per heavy atom. The van der Waals surface area contributed by atoms with Crippen molar-refractivity contribution in [2.45, 2.75) is 37.9 Å². The fraction of sp³-hybridized carbons (Fsp3) is 0.480. The van der Waals surface area contributed by atoms with Gasteiger partial charge < -0.3 is 19.7 Å². The summed E-state index contributed by atoms with van der Waals surface area (Å²) in [5.74, 6) is -0.222. The van der Waals surface area contributed by atoms with Crippen LogP contribution in [0.4, 0.5) is 0 Å². The first-order valence-corrected chi connectivity index (χ1v) is 12.7. The Hall–Kier alpha value is -2.65. The van der Waals surface area contributed by atoms with E-state index in [0.29, 0.717) is 24.7 Å². The molecule has 1 aromatic carbocycles. The molecule has 2 aromatic rings. The third-order valence-corrected chi connectivity index (χ3v) is 7.74. The van der Waals surface area contributed by atoms with E-state index in [1.54, 1.807) is 4.90 Å². The Bertz CT molecular complexity index is 1140. The first-order valence-electron chi connectivity index (χ1n) is 12.0. The zero-order valence-electron chi connectivity index (χ0n) is 19.2. The molecule has 3 saturated heterocycles. The maximum absolute atomic E-state index is 13.6. The maximum atomic E-state index is 13.6. The predicted octanol–water partition coefficient (Wildman–Crippen LogP) is 2.23. The van der Waals surface area contributed by atoms with E-state index in [1.165, 1.54) is 18.9 Å². The number of hydrogen-bond acceptors (Lipinski definition) is 4. The summed E-state index contributed by atoms with van der Waals surface area (Å²) in [5.41, 5.74) is 1.50. The van der Waals surface area contributed by atoms with Crippen LogP contribution in [0.2, 0.25) is 0 Å². The standard InChI is InChI=1S/C25H30BrN5O3/c1-2-24(33)31-12-18(13-31)27-23(32)16-30-15-21(20-11-17(26)6-7-22(20)30)25(34)29-10-9-28-8-4-3-5-19(28)14-29/h2,6-7,11,15,18-19H,1,3-5,8-10,12-14,16H2,(H,27,32)/t19-/m0/s1. The first kappa shape index (κ1) is 23.1. The summed E-state index contributed by atoms with van der Waals surface area (Å²) in [6.07, 6.45) is 6.73. The lowest BCUT2D eigenvalue weighted by atomic mass is 9.99. The number of nitrogens with one attached hydrogen (secondary N) is 1. The molecule has 9 heteroatoms. The molecule has 3 aliphatic heterocycles. The summed E-state index contributed by atoms with van der Waals surface area (Å²) < 4.78 is 2.75. The maximum Gasteiger partial charge on any atom is 0.256 e. The quantitative estimate of drug-likeness (QED) is 0.604. The minimum Gasteiger partial charge on any atom is -0.348 e. The Balaban J connectivity index is 1.31. The molecule has 4 heterocycles. The predicted molar refractivity (Wildman–Crippen MR) is 133 cm³/mol. The smallest absolute Gasteiger partial charge is 0.256 e. The van der Waals surface area contributed by atoms with Gasteiger partial charge in [0.05, 0.1) is 11.6 Å². The molecular weight excluding hydrogens is 498 g/mol. The molecule has 3 aliphatic rings. The van der Waals surface area contributed by atoms with Crippen LogP contribution >= 0.6 is 15.9 Å². The first-order chi connectivity index (χ1) is 16.4. The van der Waals surface area contributed by atoms with E-state index in [-0.39, 0.29) is 30.3 Å². The number of halogens is 1. The number of carbonyl (C=O) groups is 3. The molecule has 34 heavy (non-hydrogen) atoms. The largest absolute Gasteiger partial charge is 0.348 e. The molecular formula is C25H30BrN5O3. The molecule has 1 atom stereocenters. The normalized spacial score (nSPS) is 21.1.